The summed E-state index contributed by atoms with van der Waals surface area (Å²) in [6, 6.07) is 7.10. The van der Waals surface area contributed by atoms with Gasteiger partial charge in [-0.05, 0) is 46.9 Å². The van der Waals surface area contributed by atoms with Gasteiger partial charge in [0, 0.05) is 15.5 Å². The zero-order chi connectivity index (χ0) is 13.1. The van der Waals surface area contributed by atoms with Crippen molar-refractivity contribution in [2.24, 2.45) is 0 Å². The lowest BCUT2D eigenvalue weighted by atomic mass is 10.3. The fourth-order valence-corrected chi connectivity index (χ4v) is 1.67. The van der Waals surface area contributed by atoms with Crippen LogP contribution in [-0.4, -0.2) is 15.9 Å². The van der Waals surface area contributed by atoms with Gasteiger partial charge in [0.1, 0.15) is 5.56 Å². The lowest BCUT2D eigenvalue weighted by Gasteiger charge is -2.04. The van der Waals surface area contributed by atoms with Crippen LogP contribution in [0.1, 0.15) is 10.4 Å². The number of rotatable bonds is 2. The highest BCUT2D eigenvalue weighted by molar-refractivity contribution is 14.1. The van der Waals surface area contributed by atoms with Crippen molar-refractivity contribution in [1.29, 1.82) is 0 Å². The molecule has 6 nitrogen and oxygen atoms in total. The number of halogens is 1. The minimum Gasteiger partial charge on any atom is -0.322 e. The molecular weight excluding hydrogens is 349 g/mol. The second kappa shape index (κ2) is 5.17. The maximum atomic E-state index is 11.8. The van der Waals surface area contributed by atoms with Gasteiger partial charge >= 0.3 is 5.69 Å². The van der Waals surface area contributed by atoms with Crippen LogP contribution >= 0.6 is 22.6 Å². The lowest BCUT2D eigenvalue weighted by Crippen LogP contribution is -2.29. The summed E-state index contributed by atoms with van der Waals surface area (Å²) in [6.07, 6.45) is 1.09. The van der Waals surface area contributed by atoms with Crippen molar-refractivity contribution < 1.29 is 4.79 Å². The first-order valence-electron chi connectivity index (χ1n) is 4.95. The van der Waals surface area contributed by atoms with Gasteiger partial charge in [0.05, 0.1) is 0 Å². The zero-order valence-electron chi connectivity index (χ0n) is 8.99. The van der Waals surface area contributed by atoms with Gasteiger partial charge in [-0.15, -0.1) is 0 Å². The first-order valence-corrected chi connectivity index (χ1v) is 6.03. The maximum Gasteiger partial charge on any atom is 0.325 e. The quantitative estimate of drug-likeness (QED) is 0.698. The highest BCUT2D eigenvalue weighted by Gasteiger charge is 2.10. The second-order valence-electron chi connectivity index (χ2n) is 3.45. The number of carbonyl (C=O) groups excluding carboxylic acids is 1. The molecule has 2 aromatic rings. The van der Waals surface area contributed by atoms with Crippen molar-refractivity contribution >= 4 is 34.2 Å². The first-order chi connectivity index (χ1) is 8.56. The van der Waals surface area contributed by atoms with E-state index in [-0.39, 0.29) is 5.56 Å². The molecular formula is C11H8IN3O3. The van der Waals surface area contributed by atoms with Gasteiger partial charge in [-0.25, -0.2) is 4.79 Å². The van der Waals surface area contributed by atoms with E-state index < -0.39 is 17.2 Å². The molecule has 1 aromatic heterocycles. The molecule has 0 fully saturated rings. The van der Waals surface area contributed by atoms with Crippen molar-refractivity contribution in [3.63, 3.8) is 0 Å². The predicted molar refractivity (Wildman–Crippen MR) is 74.8 cm³/mol. The minimum atomic E-state index is -0.721. The SMILES string of the molecule is O=C(Nc1ccc(I)cc1)c1c[nH]c(=O)[nH]c1=O. The van der Waals surface area contributed by atoms with E-state index in [9.17, 15) is 14.4 Å². The highest BCUT2D eigenvalue weighted by Crippen LogP contribution is 2.11. The van der Waals surface area contributed by atoms with Crippen LogP contribution in [0.4, 0.5) is 5.69 Å². The van der Waals surface area contributed by atoms with Gasteiger partial charge < -0.3 is 10.3 Å². The Hall–Kier alpha value is -1.90. The van der Waals surface area contributed by atoms with E-state index in [1.165, 1.54) is 0 Å². The van der Waals surface area contributed by atoms with Crippen molar-refractivity contribution in [3.05, 3.63) is 60.4 Å². The van der Waals surface area contributed by atoms with Crippen molar-refractivity contribution in [2.75, 3.05) is 5.32 Å². The summed E-state index contributed by atoms with van der Waals surface area (Å²) in [5.74, 6) is -0.575. The minimum absolute atomic E-state index is 0.145. The second-order valence-corrected chi connectivity index (χ2v) is 4.69. The molecule has 0 aliphatic rings. The van der Waals surface area contributed by atoms with Gasteiger partial charge in [-0.3, -0.25) is 14.6 Å². The van der Waals surface area contributed by atoms with Crippen LogP contribution in [-0.2, 0) is 0 Å². The molecule has 1 amide bonds. The van der Waals surface area contributed by atoms with E-state index in [1.807, 2.05) is 17.1 Å². The topological polar surface area (TPSA) is 94.8 Å². The summed E-state index contributed by atoms with van der Waals surface area (Å²) in [7, 11) is 0. The van der Waals surface area contributed by atoms with Crippen molar-refractivity contribution in [3.8, 4) is 0 Å². The van der Waals surface area contributed by atoms with Crippen LogP contribution in [0, 0.1) is 3.57 Å². The molecule has 0 bridgehead atoms. The Morgan fingerprint density at radius 2 is 1.83 bits per heavy atom. The van der Waals surface area contributed by atoms with Gasteiger partial charge in [-0.1, -0.05) is 0 Å². The third-order valence-corrected chi connectivity index (χ3v) is 2.89. The molecule has 0 aliphatic heterocycles. The maximum absolute atomic E-state index is 11.8. The van der Waals surface area contributed by atoms with Crippen LogP contribution in [0.3, 0.4) is 0 Å². The fourth-order valence-electron chi connectivity index (χ4n) is 1.31. The summed E-state index contributed by atoms with van der Waals surface area (Å²) >= 11 is 2.14. The highest BCUT2D eigenvalue weighted by atomic mass is 127. The van der Waals surface area contributed by atoms with E-state index in [0.717, 1.165) is 9.77 Å². The molecule has 0 aliphatic carbocycles. The number of hydrogen-bond donors (Lipinski definition) is 3. The Bertz CT molecular complexity index is 688. The Labute approximate surface area is 115 Å². The molecule has 0 spiro atoms. The molecule has 1 heterocycles. The number of nitrogens with one attached hydrogen (secondary N) is 3. The van der Waals surface area contributed by atoms with E-state index in [4.69, 9.17) is 0 Å². The van der Waals surface area contributed by atoms with Gasteiger partial charge in [0.2, 0.25) is 0 Å². The van der Waals surface area contributed by atoms with Crippen molar-refractivity contribution in [1.82, 2.24) is 9.97 Å². The Morgan fingerprint density at radius 3 is 2.44 bits per heavy atom. The molecule has 0 saturated carbocycles. The monoisotopic (exact) mass is 357 g/mol. The van der Waals surface area contributed by atoms with Crippen molar-refractivity contribution in [2.45, 2.75) is 0 Å². The molecule has 2 rings (SSSR count). The molecule has 1 aromatic carbocycles. The molecule has 18 heavy (non-hydrogen) atoms. The summed E-state index contributed by atoms with van der Waals surface area (Å²) in [5.41, 5.74) is -0.938. The molecule has 7 heteroatoms. The number of carbonyl (C=O) groups is 1. The van der Waals surface area contributed by atoms with Crippen LogP contribution in [0.15, 0.2) is 40.1 Å². The van der Waals surface area contributed by atoms with Gasteiger partial charge in [-0.2, -0.15) is 0 Å². The third kappa shape index (κ3) is 2.86. The Morgan fingerprint density at radius 1 is 1.17 bits per heavy atom. The van der Waals surface area contributed by atoms with Crippen LogP contribution < -0.4 is 16.6 Å². The summed E-state index contributed by atoms with van der Waals surface area (Å²) in [5, 5.41) is 2.56. The van der Waals surface area contributed by atoms with E-state index in [0.29, 0.717) is 5.69 Å². The molecule has 0 radical (unpaired) electrons. The first kappa shape index (κ1) is 12.6. The van der Waals surface area contributed by atoms with Crippen LogP contribution in [0.5, 0.6) is 0 Å². The average molecular weight is 357 g/mol. The van der Waals surface area contributed by atoms with E-state index in [2.05, 4.69) is 32.9 Å². The summed E-state index contributed by atoms with van der Waals surface area (Å²) in [6.45, 7) is 0. The van der Waals surface area contributed by atoms with Crippen LogP contribution in [0.2, 0.25) is 0 Å². The van der Waals surface area contributed by atoms with Crippen LogP contribution in [0.25, 0.3) is 0 Å². The molecule has 0 unspecified atom stereocenters. The number of hydrogen-bond acceptors (Lipinski definition) is 3. The zero-order valence-corrected chi connectivity index (χ0v) is 11.1. The Kier molecular flexibility index (Phi) is 3.60. The predicted octanol–water partition coefficient (Wildman–Crippen LogP) is 0.920. The molecule has 3 N–H and O–H groups in total. The smallest absolute Gasteiger partial charge is 0.322 e. The fraction of sp³-hybridized carbons (Fsp3) is 0. The number of anilines is 1. The van der Waals surface area contributed by atoms with Gasteiger partial charge in [0.25, 0.3) is 11.5 Å². The number of H-pyrrole nitrogens is 2. The number of aromatic nitrogens is 2. The molecule has 0 saturated heterocycles. The number of benzene rings is 1. The third-order valence-electron chi connectivity index (χ3n) is 2.17. The molecule has 0 atom stereocenters. The van der Waals surface area contributed by atoms with E-state index in [1.54, 1.807) is 12.1 Å². The summed E-state index contributed by atoms with van der Waals surface area (Å²) in [4.78, 5) is 38.2. The normalized spacial score (nSPS) is 10.1. The lowest BCUT2D eigenvalue weighted by molar-refractivity contribution is 0.102. The number of amides is 1. The standard InChI is InChI=1S/C11H8IN3O3/c12-6-1-3-7(4-2-6)14-9(16)8-5-13-11(18)15-10(8)17/h1-5H,(H,14,16)(H2,13,15,17,18). The largest absolute Gasteiger partial charge is 0.325 e. The Balaban J connectivity index is 2.24. The van der Waals surface area contributed by atoms with E-state index >= 15 is 0 Å². The number of aromatic amines is 2. The molecule has 92 valence electrons. The average Bonchev–Trinajstić information content (AvgIpc) is 2.32. The van der Waals surface area contributed by atoms with Gasteiger partial charge in [0.15, 0.2) is 0 Å². The summed E-state index contributed by atoms with van der Waals surface area (Å²) < 4.78 is 1.03.